The monoisotopic (exact) mass is 227 g/mol. The predicted octanol–water partition coefficient (Wildman–Crippen LogP) is 1.91. The van der Waals surface area contributed by atoms with E-state index in [0.717, 1.165) is 25.0 Å². The van der Waals surface area contributed by atoms with Crippen molar-refractivity contribution in [3.63, 3.8) is 0 Å². The summed E-state index contributed by atoms with van der Waals surface area (Å²) in [6, 6.07) is 0. The fraction of sp³-hybridized carbons (Fsp3) is 0.667. The van der Waals surface area contributed by atoms with Crippen molar-refractivity contribution in [3.8, 4) is 0 Å². The molecule has 0 saturated heterocycles. The number of hydrogen-bond donors (Lipinski definition) is 1. The van der Waals surface area contributed by atoms with E-state index in [1.54, 1.807) is 4.90 Å². The van der Waals surface area contributed by atoms with Crippen molar-refractivity contribution in [3.05, 3.63) is 12.2 Å². The molecule has 0 aliphatic heterocycles. The molecule has 0 fully saturated rings. The largest absolute Gasteiger partial charge is 0.478 e. The van der Waals surface area contributed by atoms with Gasteiger partial charge in [0.05, 0.1) is 0 Å². The summed E-state index contributed by atoms with van der Waals surface area (Å²) in [5, 5.41) is 8.43. The van der Waals surface area contributed by atoms with Crippen molar-refractivity contribution in [2.45, 2.75) is 33.6 Å². The molecule has 0 aromatic heterocycles. The average Bonchev–Trinajstić information content (AvgIpc) is 2.27. The lowest BCUT2D eigenvalue weighted by Crippen LogP contribution is -2.33. The van der Waals surface area contributed by atoms with Gasteiger partial charge in [0.1, 0.15) is 0 Å². The van der Waals surface area contributed by atoms with Crippen LogP contribution < -0.4 is 0 Å². The molecule has 0 spiro atoms. The molecule has 0 bridgehead atoms. The van der Waals surface area contributed by atoms with Gasteiger partial charge >= 0.3 is 5.97 Å². The highest BCUT2D eigenvalue weighted by Crippen LogP contribution is 2.10. The molecule has 4 heteroatoms. The van der Waals surface area contributed by atoms with Crippen molar-refractivity contribution >= 4 is 11.9 Å². The van der Waals surface area contributed by atoms with E-state index in [1.165, 1.54) is 0 Å². The molecular weight excluding hydrogens is 206 g/mol. The van der Waals surface area contributed by atoms with Gasteiger partial charge in [0.15, 0.2) is 0 Å². The molecule has 0 atom stereocenters. The van der Waals surface area contributed by atoms with Crippen molar-refractivity contribution in [1.82, 2.24) is 4.90 Å². The van der Waals surface area contributed by atoms with Gasteiger partial charge in [0.25, 0.3) is 0 Å². The number of nitrogens with zero attached hydrogens (tertiary/aromatic N) is 1. The normalized spacial score (nSPS) is 11.0. The van der Waals surface area contributed by atoms with Crippen LogP contribution in [0.3, 0.4) is 0 Å². The standard InChI is InChI=1S/C12H21NO3/c1-4-10(5-2)9-13(6-3)11(14)7-8-12(15)16/h7-8,10H,4-6,9H2,1-3H3,(H,15,16)/b8-7+. The average molecular weight is 227 g/mol. The van der Waals surface area contributed by atoms with E-state index in [0.29, 0.717) is 19.0 Å². The van der Waals surface area contributed by atoms with E-state index in [-0.39, 0.29) is 5.91 Å². The minimum absolute atomic E-state index is 0.225. The number of carbonyl (C=O) groups excluding carboxylic acids is 1. The number of carboxylic acids is 1. The van der Waals surface area contributed by atoms with Crippen LogP contribution in [0.2, 0.25) is 0 Å². The first-order valence-electron chi connectivity index (χ1n) is 5.74. The van der Waals surface area contributed by atoms with Crippen LogP contribution in [0.5, 0.6) is 0 Å². The molecule has 0 rings (SSSR count). The summed E-state index contributed by atoms with van der Waals surface area (Å²) in [5.41, 5.74) is 0. The van der Waals surface area contributed by atoms with Gasteiger partial charge in [-0.3, -0.25) is 4.79 Å². The highest BCUT2D eigenvalue weighted by atomic mass is 16.4. The summed E-state index contributed by atoms with van der Waals surface area (Å²) in [6.45, 7) is 7.40. The quantitative estimate of drug-likeness (QED) is 0.676. The lowest BCUT2D eigenvalue weighted by molar-refractivity contribution is -0.132. The van der Waals surface area contributed by atoms with E-state index in [2.05, 4.69) is 13.8 Å². The number of rotatable bonds is 7. The minimum Gasteiger partial charge on any atom is -0.478 e. The summed E-state index contributed by atoms with van der Waals surface area (Å²) in [7, 11) is 0. The molecule has 0 aromatic rings. The number of carbonyl (C=O) groups is 2. The third-order valence-electron chi connectivity index (χ3n) is 2.70. The maximum atomic E-state index is 11.6. The first-order valence-corrected chi connectivity index (χ1v) is 5.74. The molecule has 0 aromatic carbocycles. The second-order valence-electron chi connectivity index (χ2n) is 3.73. The third kappa shape index (κ3) is 5.53. The molecule has 0 unspecified atom stereocenters. The van der Waals surface area contributed by atoms with Gasteiger partial charge < -0.3 is 10.0 Å². The molecule has 16 heavy (non-hydrogen) atoms. The minimum atomic E-state index is -1.09. The maximum Gasteiger partial charge on any atom is 0.328 e. The molecule has 0 radical (unpaired) electrons. The Bertz CT molecular complexity index is 257. The van der Waals surface area contributed by atoms with Gasteiger partial charge in [-0.15, -0.1) is 0 Å². The second-order valence-corrected chi connectivity index (χ2v) is 3.73. The zero-order valence-corrected chi connectivity index (χ0v) is 10.3. The van der Waals surface area contributed by atoms with Crippen LogP contribution in [0.15, 0.2) is 12.2 Å². The number of aliphatic carboxylic acids is 1. The molecule has 0 heterocycles. The molecule has 0 saturated carbocycles. The zero-order chi connectivity index (χ0) is 12.6. The first-order chi connectivity index (χ1) is 7.54. The molecule has 4 nitrogen and oxygen atoms in total. The Hall–Kier alpha value is -1.32. The summed E-state index contributed by atoms with van der Waals surface area (Å²) < 4.78 is 0. The Morgan fingerprint density at radius 3 is 2.12 bits per heavy atom. The maximum absolute atomic E-state index is 11.6. The highest BCUT2D eigenvalue weighted by Gasteiger charge is 2.13. The number of hydrogen-bond acceptors (Lipinski definition) is 2. The van der Waals surface area contributed by atoms with Crippen LogP contribution in [0.4, 0.5) is 0 Å². The van der Waals surface area contributed by atoms with Crippen LogP contribution in [0, 0.1) is 5.92 Å². The first kappa shape index (κ1) is 14.7. The second kappa shape index (κ2) is 7.91. The molecule has 0 aliphatic carbocycles. The molecule has 0 aliphatic rings. The number of likely N-dealkylation sites (N-methyl/N-ethyl adjacent to an activating group) is 1. The van der Waals surface area contributed by atoms with E-state index in [4.69, 9.17) is 5.11 Å². The van der Waals surface area contributed by atoms with Gasteiger partial charge in [0.2, 0.25) is 5.91 Å². The van der Waals surface area contributed by atoms with E-state index < -0.39 is 5.97 Å². The van der Waals surface area contributed by atoms with Gasteiger partial charge in [-0.1, -0.05) is 26.7 Å². The van der Waals surface area contributed by atoms with Gasteiger partial charge in [0, 0.05) is 25.2 Å². The van der Waals surface area contributed by atoms with Crippen LogP contribution in [-0.4, -0.2) is 35.0 Å². The topological polar surface area (TPSA) is 57.6 Å². The van der Waals surface area contributed by atoms with Crippen LogP contribution in [0.1, 0.15) is 33.6 Å². The Morgan fingerprint density at radius 1 is 1.19 bits per heavy atom. The number of carboxylic acid groups (broad SMARTS) is 1. The van der Waals surface area contributed by atoms with E-state index in [9.17, 15) is 9.59 Å². The fourth-order valence-electron chi connectivity index (χ4n) is 1.48. The highest BCUT2D eigenvalue weighted by molar-refractivity contribution is 5.93. The van der Waals surface area contributed by atoms with Crippen LogP contribution >= 0.6 is 0 Å². The van der Waals surface area contributed by atoms with Gasteiger partial charge in [-0.05, 0) is 12.8 Å². The van der Waals surface area contributed by atoms with Gasteiger partial charge in [-0.2, -0.15) is 0 Å². The van der Waals surface area contributed by atoms with E-state index >= 15 is 0 Å². The molecule has 1 N–H and O–H groups in total. The Morgan fingerprint density at radius 2 is 1.75 bits per heavy atom. The Kier molecular flexibility index (Phi) is 7.25. The molecular formula is C12H21NO3. The van der Waals surface area contributed by atoms with Gasteiger partial charge in [-0.25, -0.2) is 4.79 Å². The van der Waals surface area contributed by atoms with Crippen LogP contribution in [-0.2, 0) is 9.59 Å². The van der Waals surface area contributed by atoms with Crippen molar-refractivity contribution in [1.29, 1.82) is 0 Å². The summed E-state index contributed by atoms with van der Waals surface area (Å²) in [6.07, 6.45) is 4.07. The fourth-order valence-corrected chi connectivity index (χ4v) is 1.48. The van der Waals surface area contributed by atoms with E-state index in [1.807, 2.05) is 6.92 Å². The lowest BCUT2D eigenvalue weighted by Gasteiger charge is -2.24. The van der Waals surface area contributed by atoms with Crippen LogP contribution in [0.25, 0.3) is 0 Å². The smallest absolute Gasteiger partial charge is 0.328 e. The predicted molar refractivity (Wildman–Crippen MR) is 63.1 cm³/mol. The Labute approximate surface area is 96.9 Å². The lowest BCUT2D eigenvalue weighted by atomic mass is 10.0. The Balaban J connectivity index is 4.37. The summed E-state index contributed by atoms with van der Waals surface area (Å²) in [5.74, 6) is -0.828. The van der Waals surface area contributed by atoms with Crippen molar-refractivity contribution in [2.24, 2.45) is 5.92 Å². The SMILES string of the molecule is CCC(CC)CN(CC)C(=O)/C=C/C(=O)O. The molecule has 1 amide bonds. The molecule has 92 valence electrons. The van der Waals surface area contributed by atoms with Crippen molar-refractivity contribution < 1.29 is 14.7 Å². The zero-order valence-electron chi connectivity index (χ0n) is 10.3. The third-order valence-corrected chi connectivity index (χ3v) is 2.70. The summed E-state index contributed by atoms with van der Waals surface area (Å²) in [4.78, 5) is 23.6. The number of amides is 1. The summed E-state index contributed by atoms with van der Waals surface area (Å²) >= 11 is 0. The van der Waals surface area contributed by atoms with Crippen molar-refractivity contribution in [2.75, 3.05) is 13.1 Å².